The Morgan fingerprint density at radius 2 is 1.56 bits per heavy atom. The first kappa shape index (κ1) is 30.9. The predicted molar refractivity (Wildman–Crippen MR) is 163 cm³/mol. The van der Waals surface area contributed by atoms with Crippen molar-refractivity contribution in [1.29, 1.82) is 0 Å². The van der Waals surface area contributed by atoms with Gasteiger partial charge in [-0.1, -0.05) is 48.5 Å². The maximum Gasteiger partial charge on any atom is 0.407 e. The van der Waals surface area contributed by atoms with Crippen molar-refractivity contribution < 1.29 is 28.4 Å². The van der Waals surface area contributed by atoms with Crippen LogP contribution in [0.1, 0.15) is 67.7 Å². The van der Waals surface area contributed by atoms with E-state index in [9.17, 15) is 18.9 Å². The zero-order valence-electron chi connectivity index (χ0n) is 23.7. The molecule has 4 rings (SSSR count). The molecule has 0 saturated heterocycles. The third-order valence-electron chi connectivity index (χ3n) is 7.39. The normalized spacial score (nSPS) is 21.8. The van der Waals surface area contributed by atoms with Crippen LogP contribution in [0.2, 0.25) is 0 Å². The summed E-state index contributed by atoms with van der Waals surface area (Å²) in [4.78, 5) is 23.7. The summed E-state index contributed by atoms with van der Waals surface area (Å²) in [7, 11) is -1.37. The minimum absolute atomic E-state index is 0.0886. The molecule has 11 heteroatoms. The lowest BCUT2D eigenvalue weighted by Gasteiger charge is -2.25. The van der Waals surface area contributed by atoms with Gasteiger partial charge in [-0.15, -0.1) is 0 Å². The van der Waals surface area contributed by atoms with Gasteiger partial charge in [0.2, 0.25) is 0 Å². The Bertz CT molecular complexity index is 1280. The number of ether oxygens (including phenoxy) is 2. The van der Waals surface area contributed by atoms with E-state index < -0.39 is 28.8 Å². The summed E-state index contributed by atoms with van der Waals surface area (Å²) >= 11 is 5.48. The summed E-state index contributed by atoms with van der Waals surface area (Å²) < 4.78 is 27.0. The second-order valence-corrected chi connectivity index (χ2v) is 13.3. The van der Waals surface area contributed by atoms with Gasteiger partial charge in [-0.2, -0.15) is 0 Å². The largest absolute Gasteiger partial charge is 0.486 e. The molecule has 0 aliphatic heterocycles. The minimum Gasteiger partial charge on any atom is -0.486 e. The molecule has 2 aliphatic rings. The van der Waals surface area contributed by atoms with E-state index in [4.69, 9.17) is 21.7 Å². The van der Waals surface area contributed by atoms with Gasteiger partial charge in [-0.05, 0) is 74.5 Å². The fourth-order valence-corrected chi connectivity index (χ4v) is 7.09. The molecule has 9 nitrogen and oxygen atoms in total. The van der Waals surface area contributed by atoms with Crippen LogP contribution in [0, 0.1) is 0 Å². The van der Waals surface area contributed by atoms with E-state index in [1.54, 1.807) is 0 Å². The number of fused-ring (bicyclic) bond motifs is 2. The van der Waals surface area contributed by atoms with Crippen molar-refractivity contribution in [2.45, 2.75) is 76.0 Å². The van der Waals surface area contributed by atoms with Crippen LogP contribution in [0.25, 0.3) is 0 Å². The molecular formula is C30H39N3O6S2. The van der Waals surface area contributed by atoms with Crippen molar-refractivity contribution in [3.8, 4) is 0 Å². The second-order valence-electron chi connectivity index (χ2n) is 11.5. The highest BCUT2D eigenvalue weighted by atomic mass is 32.2. The Morgan fingerprint density at radius 3 is 2.17 bits per heavy atom. The topological polar surface area (TPSA) is 126 Å². The number of rotatable bonds is 11. The summed E-state index contributed by atoms with van der Waals surface area (Å²) in [6.07, 6.45) is 1.07. The number of hydrogen-bond acceptors (Lipinski definition) is 6. The molecule has 2 aromatic carbocycles. The quantitative estimate of drug-likeness (QED) is 0.220. The molecule has 2 aromatic rings. The van der Waals surface area contributed by atoms with Crippen LogP contribution < -0.4 is 15.4 Å². The highest BCUT2D eigenvalue weighted by molar-refractivity contribution is 7.83. The van der Waals surface area contributed by atoms with Crippen LogP contribution >= 0.6 is 12.2 Å². The third-order valence-corrected chi connectivity index (χ3v) is 8.90. The Morgan fingerprint density at radius 1 is 0.976 bits per heavy atom. The molecule has 41 heavy (non-hydrogen) atoms. The zero-order valence-corrected chi connectivity index (χ0v) is 25.3. The lowest BCUT2D eigenvalue weighted by molar-refractivity contribution is 0.0498. The number of alkyl carbamates (subject to hydrolysis) is 1. The molecule has 4 N–H and O–H groups in total. The van der Waals surface area contributed by atoms with Gasteiger partial charge in [0, 0.05) is 42.6 Å². The summed E-state index contributed by atoms with van der Waals surface area (Å²) in [6.45, 7) is 6.13. The Balaban J connectivity index is 1.22. The number of carboxylic acid groups (broad SMARTS) is 1. The van der Waals surface area contributed by atoms with E-state index in [1.807, 2.05) is 57.2 Å². The van der Waals surface area contributed by atoms with Crippen molar-refractivity contribution >= 4 is 40.4 Å². The van der Waals surface area contributed by atoms with Gasteiger partial charge < -0.3 is 25.2 Å². The van der Waals surface area contributed by atoms with Gasteiger partial charge in [0.15, 0.2) is 5.05 Å². The Hall–Kier alpha value is -3.02. The first-order valence-corrected chi connectivity index (χ1v) is 15.6. The number of amides is 2. The van der Waals surface area contributed by atoms with Crippen LogP contribution in [0.15, 0.2) is 48.5 Å². The smallest absolute Gasteiger partial charge is 0.407 e. The van der Waals surface area contributed by atoms with E-state index in [2.05, 4.69) is 27.5 Å². The predicted octanol–water partition coefficient (Wildman–Crippen LogP) is 4.57. The average molecular weight is 602 g/mol. The van der Waals surface area contributed by atoms with E-state index in [0.717, 1.165) is 17.5 Å². The second kappa shape index (κ2) is 13.8. The molecule has 2 aliphatic carbocycles. The van der Waals surface area contributed by atoms with Gasteiger partial charge in [0.1, 0.15) is 12.2 Å². The van der Waals surface area contributed by atoms with E-state index in [1.165, 1.54) is 11.1 Å². The molecule has 2 amide bonds. The standard InChI is InChI=1S/C30H39N3O6S2/c1-30(2,3)39-29(36)33-25-16-19-8-4-6-10-21(19)23(25)12-13-27(40)38-15-14-31-41(37)18-24-22-11-7-5-9-20(22)17-26(24)32-28(34)35/h4-11,23-26,31-32H,12-18H2,1-3H3,(H,33,36)(H,34,35)/t23-,24-,25-,26-,41?/m1/s1. The molecular weight excluding hydrogens is 562 g/mol. The molecule has 0 radical (unpaired) electrons. The highest BCUT2D eigenvalue weighted by Crippen LogP contribution is 2.37. The van der Waals surface area contributed by atoms with Crippen molar-refractivity contribution in [3.05, 3.63) is 70.8 Å². The van der Waals surface area contributed by atoms with Gasteiger partial charge >= 0.3 is 12.2 Å². The van der Waals surface area contributed by atoms with Gasteiger partial charge in [0.25, 0.3) is 0 Å². The number of carbonyl (C=O) groups excluding carboxylic acids is 1. The molecule has 0 bridgehead atoms. The number of nitrogens with one attached hydrogen (secondary N) is 3. The maximum atomic E-state index is 12.8. The van der Waals surface area contributed by atoms with E-state index in [0.29, 0.717) is 36.6 Å². The average Bonchev–Trinajstić information content (AvgIpc) is 3.40. The Kier molecular flexibility index (Phi) is 10.4. The van der Waals surface area contributed by atoms with Gasteiger partial charge in [-0.25, -0.2) is 18.5 Å². The molecule has 1 unspecified atom stereocenters. The fraction of sp³-hybridized carbons (Fsp3) is 0.500. The van der Waals surface area contributed by atoms with Crippen LogP contribution in [0.5, 0.6) is 0 Å². The van der Waals surface area contributed by atoms with Crippen molar-refractivity contribution in [1.82, 2.24) is 15.4 Å². The molecule has 0 saturated carbocycles. The van der Waals surface area contributed by atoms with Crippen LogP contribution in [-0.4, -0.2) is 63.1 Å². The molecule has 0 fully saturated rings. The summed E-state index contributed by atoms with van der Waals surface area (Å²) in [5.41, 5.74) is 3.96. The lowest BCUT2D eigenvalue weighted by Crippen LogP contribution is -2.41. The third kappa shape index (κ3) is 8.73. The van der Waals surface area contributed by atoms with Gasteiger partial charge in [-0.3, -0.25) is 0 Å². The van der Waals surface area contributed by atoms with Crippen molar-refractivity contribution in [3.63, 3.8) is 0 Å². The highest BCUT2D eigenvalue weighted by Gasteiger charge is 2.35. The van der Waals surface area contributed by atoms with Crippen LogP contribution in [0.3, 0.4) is 0 Å². The lowest BCUT2D eigenvalue weighted by atomic mass is 9.93. The SMILES string of the molecule is CC(C)(C)OC(=O)N[C@@H]1Cc2ccccc2[C@H]1CCC(=S)OCCNS(=O)C[C@@H]1c2ccccc2C[C@H]1NC(=O)O. The first-order chi connectivity index (χ1) is 19.5. The summed E-state index contributed by atoms with van der Waals surface area (Å²) in [5.74, 6) is 0.209. The molecule has 0 spiro atoms. The monoisotopic (exact) mass is 601 g/mol. The number of benzene rings is 2. The van der Waals surface area contributed by atoms with Crippen LogP contribution in [0.4, 0.5) is 9.59 Å². The molecule has 222 valence electrons. The fourth-order valence-electron chi connectivity index (χ4n) is 5.73. The van der Waals surface area contributed by atoms with E-state index in [-0.39, 0.29) is 30.5 Å². The van der Waals surface area contributed by atoms with E-state index >= 15 is 0 Å². The molecule has 5 atom stereocenters. The number of carbonyl (C=O) groups is 2. The summed E-state index contributed by atoms with van der Waals surface area (Å²) in [6, 6.07) is 15.6. The maximum absolute atomic E-state index is 12.8. The molecule has 0 aromatic heterocycles. The molecule has 0 heterocycles. The summed E-state index contributed by atoms with van der Waals surface area (Å²) in [5, 5.41) is 15.3. The Labute approximate surface area is 249 Å². The van der Waals surface area contributed by atoms with Gasteiger partial charge in [0.05, 0.1) is 11.0 Å². The van der Waals surface area contributed by atoms with Crippen molar-refractivity contribution in [2.24, 2.45) is 0 Å². The van der Waals surface area contributed by atoms with Crippen molar-refractivity contribution in [2.75, 3.05) is 18.9 Å². The number of hydrogen-bond donors (Lipinski definition) is 4. The zero-order chi connectivity index (χ0) is 29.6. The van der Waals surface area contributed by atoms with Crippen LogP contribution in [-0.2, 0) is 33.3 Å². The first-order valence-electron chi connectivity index (χ1n) is 13.9. The minimum atomic E-state index is -1.37. The number of thiocarbonyl (C=S) groups is 1.